The Morgan fingerprint density at radius 3 is 2.51 bits per heavy atom. The fraction of sp³-hybridized carbons (Fsp3) is 0.500. The van der Waals surface area contributed by atoms with E-state index in [1.807, 2.05) is 12.1 Å². The molecular formula is C30H40N4O. The van der Waals surface area contributed by atoms with Crippen molar-refractivity contribution < 1.29 is 4.79 Å². The maximum absolute atomic E-state index is 12.9. The van der Waals surface area contributed by atoms with Crippen LogP contribution in [-0.2, 0) is 0 Å². The molecule has 2 bridgehead atoms. The van der Waals surface area contributed by atoms with Gasteiger partial charge in [-0.1, -0.05) is 54.5 Å². The van der Waals surface area contributed by atoms with Gasteiger partial charge in [-0.25, -0.2) is 5.01 Å². The molecule has 3 unspecified atom stereocenters. The third-order valence-corrected chi connectivity index (χ3v) is 8.13. The van der Waals surface area contributed by atoms with Crippen molar-refractivity contribution in [2.24, 2.45) is 0 Å². The van der Waals surface area contributed by atoms with E-state index in [4.69, 9.17) is 0 Å². The summed E-state index contributed by atoms with van der Waals surface area (Å²) < 4.78 is 0. The van der Waals surface area contributed by atoms with Gasteiger partial charge < -0.3 is 0 Å². The van der Waals surface area contributed by atoms with Crippen molar-refractivity contribution in [1.82, 2.24) is 20.2 Å². The van der Waals surface area contributed by atoms with Crippen LogP contribution in [0, 0.1) is 6.92 Å². The van der Waals surface area contributed by atoms with Crippen molar-refractivity contribution in [3.05, 3.63) is 83.4 Å². The van der Waals surface area contributed by atoms with Crippen LogP contribution in [0.15, 0.2) is 61.2 Å². The van der Waals surface area contributed by atoms with Crippen molar-refractivity contribution in [3.63, 3.8) is 0 Å². The van der Waals surface area contributed by atoms with Crippen molar-refractivity contribution in [2.45, 2.75) is 63.6 Å². The average Bonchev–Trinajstić information content (AvgIpc) is 3.15. The molecular weight excluding hydrogens is 432 g/mol. The molecule has 2 aromatic rings. The third kappa shape index (κ3) is 5.53. The Labute approximate surface area is 210 Å². The molecule has 5 rings (SSSR count). The topological polar surface area (TPSA) is 38.8 Å². The van der Waals surface area contributed by atoms with Crippen LogP contribution in [0.5, 0.6) is 0 Å². The molecule has 3 fully saturated rings. The highest BCUT2D eigenvalue weighted by Gasteiger charge is 2.38. The lowest BCUT2D eigenvalue weighted by Gasteiger charge is -2.34. The zero-order chi connectivity index (χ0) is 24.2. The molecule has 1 N–H and O–H groups in total. The number of hydrogen-bond donors (Lipinski definition) is 1. The van der Waals surface area contributed by atoms with Crippen LogP contribution < -0.4 is 5.43 Å². The van der Waals surface area contributed by atoms with Gasteiger partial charge in [0.15, 0.2) is 0 Å². The number of piperidine rings is 1. The van der Waals surface area contributed by atoms with Gasteiger partial charge in [-0.15, -0.1) is 6.58 Å². The lowest BCUT2D eigenvalue weighted by Crippen LogP contribution is -2.45. The largest absolute Gasteiger partial charge is 0.292 e. The molecule has 186 valence electrons. The second kappa shape index (κ2) is 11.1. The van der Waals surface area contributed by atoms with Gasteiger partial charge in [0.25, 0.3) is 5.91 Å². The Bertz CT molecular complexity index is 1010. The van der Waals surface area contributed by atoms with E-state index < -0.39 is 0 Å². The standard InChI is InChI=1S/C30H40N4O/c1-3-17-34-27-14-15-28(34)22-32(20-16-27)29(26-9-7-8-23(2)21-26)24-10-12-25(13-11-24)30(35)31-33-18-5-4-6-19-33/h3,7-13,21,27-29H,1,4-6,14-20,22H2,2H3,(H,31,35). The highest BCUT2D eigenvalue weighted by atomic mass is 16.2. The highest BCUT2D eigenvalue weighted by molar-refractivity contribution is 5.93. The van der Waals surface area contributed by atoms with Crippen LogP contribution in [0.25, 0.3) is 0 Å². The molecule has 0 spiro atoms. The maximum atomic E-state index is 12.9. The molecule has 35 heavy (non-hydrogen) atoms. The zero-order valence-corrected chi connectivity index (χ0v) is 21.2. The Morgan fingerprint density at radius 2 is 1.77 bits per heavy atom. The van der Waals surface area contributed by atoms with E-state index in [2.05, 4.69) is 76.2 Å². The van der Waals surface area contributed by atoms with Gasteiger partial charge in [0, 0.05) is 50.4 Å². The summed E-state index contributed by atoms with van der Waals surface area (Å²) in [7, 11) is 0. The maximum Gasteiger partial charge on any atom is 0.265 e. The van der Waals surface area contributed by atoms with Crippen LogP contribution in [0.3, 0.4) is 0 Å². The van der Waals surface area contributed by atoms with Crippen molar-refractivity contribution in [1.29, 1.82) is 0 Å². The van der Waals surface area contributed by atoms with E-state index in [0.29, 0.717) is 12.1 Å². The van der Waals surface area contributed by atoms with Crippen molar-refractivity contribution >= 4 is 5.91 Å². The van der Waals surface area contributed by atoms with Gasteiger partial charge >= 0.3 is 0 Å². The molecule has 3 aliphatic heterocycles. The number of amides is 1. The number of benzene rings is 2. The quantitative estimate of drug-likeness (QED) is 0.580. The molecule has 0 radical (unpaired) electrons. The number of carbonyl (C=O) groups excluding carboxylic acids is 1. The summed E-state index contributed by atoms with van der Waals surface area (Å²) in [5.41, 5.74) is 7.72. The fourth-order valence-electron chi connectivity index (χ4n) is 6.36. The third-order valence-electron chi connectivity index (χ3n) is 8.13. The predicted molar refractivity (Wildman–Crippen MR) is 142 cm³/mol. The second-order valence-electron chi connectivity index (χ2n) is 10.6. The zero-order valence-electron chi connectivity index (χ0n) is 21.2. The summed E-state index contributed by atoms with van der Waals surface area (Å²) in [4.78, 5) is 18.2. The first-order valence-corrected chi connectivity index (χ1v) is 13.5. The lowest BCUT2D eigenvalue weighted by molar-refractivity contribution is 0.0750. The number of fused-ring (bicyclic) bond motifs is 2. The predicted octanol–water partition coefficient (Wildman–Crippen LogP) is 4.94. The van der Waals surface area contributed by atoms with E-state index in [-0.39, 0.29) is 11.9 Å². The molecule has 0 aromatic heterocycles. The molecule has 3 saturated heterocycles. The summed E-state index contributed by atoms with van der Waals surface area (Å²) in [6.45, 7) is 11.2. The minimum absolute atomic E-state index is 0.00213. The molecule has 3 atom stereocenters. The number of hydrogen-bond acceptors (Lipinski definition) is 4. The summed E-state index contributed by atoms with van der Waals surface area (Å²) >= 11 is 0. The summed E-state index contributed by atoms with van der Waals surface area (Å²) in [6, 6.07) is 18.7. The number of likely N-dealkylation sites (tertiary alicyclic amines) is 1. The van der Waals surface area contributed by atoms with Crippen molar-refractivity contribution in [2.75, 3.05) is 32.7 Å². The van der Waals surface area contributed by atoms with Gasteiger partial charge in [-0.2, -0.15) is 0 Å². The Hall–Kier alpha value is -2.47. The smallest absolute Gasteiger partial charge is 0.265 e. The normalized spacial score (nSPS) is 24.6. The number of nitrogens with zero attached hydrogens (tertiary/aromatic N) is 3. The molecule has 3 aliphatic rings. The molecule has 3 heterocycles. The molecule has 2 aromatic carbocycles. The fourth-order valence-corrected chi connectivity index (χ4v) is 6.36. The minimum atomic E-state index is -0.00213. The minimum Gasteiger partial charge on any atom is -0.292 e. The lowest BCUT2D eigenvalue weighted by atomic mass is 9.93. The van der Waals surface area contributed by atoms with Crippen LogP contribution >= 0.6 is 0 Å². The number of aryl methyl sites for hydroxylation is 1. The van der Waals surface area contributed by atoms with Crippen LogP contribution in [0.2, 0.25) is 0 Å². The number of rotatable bonds is 7. The summed E-state index contributed by atoms with van der Waals surface area (Å²) in [6.07, 6.45) is 9.40. The Balaban J connectivity index is 1.39. The molecule has 0 aliphatic carbocycles. The van der Waals surface area contributed by atoms with E-state index in [1.165, 1.54) is 42.4 Å². The highest BCUT2D eigenvalue weighted by Crippen LogP contribution is 2.36. The van der Waals surface area contributed by atoms with E-state index in [1.54, 1.807) is 0 Å². The summed E-state index contributed by atoms with van der Waals surface area (Å²) in [5.74, 6) is -0.00213. The average molecular weight is 473 g/mol. The Morgan fingerprint density at radius 1 is 1.00 bits per heavy atom. The van der Waals surface area contributed by atoms with Gasteiger partial charge in [0.1, 0.15) is 0 Å². The number of carbonyl (C=O) groups is 1. The number of hydrazine groups is 1. The van der Waals surface area contributed by atoms with Gasteiger partial charge in [0.2, 0.25) is 0 Å². The van der Waals surface area contributed by atoms with Crippen LogP contribution in [0.4, 0.5) is 0 Å². The molecule has 0 saturated carbocycles. The molecule has 5 nitrogen and oxygen atoms in total. The van der Waals surface area contributed by atoms with E-state index >= 15 is 0 Å². The van der Waals surface area contributed by atoms with E-state index in [9.17, 15) is 4.79 Å². The van der Waals surface area contributed by atoms with E-state index in [0.717, 1.165) is 51.1 Å². The monoisotopic (exact) mass is 472 g/mol. The van der Waals surface area contributed by atoms with Gasteiger partial charge in [0.05, 0.1) is 6.04 Å². The van der Waals surface area contributed by atoms with Crippen LogP contribution in [-0.4, -0.2) is 65.5 Å². The molecule has 5 heteroatoms. The second-order valence-corrected chi connectivity index (χ2v) is 10.6. The van der Waals surface area contributed by atoms with Crippen LogP contribution in [0.1, 0.15) is 71.6 Å². The van der Waals surface area contributed by atoms with Gasteiger partial charge in [-0.3, -0.25) is 20.0 Å². The SMILES string of the molecule is C=CCN1C2CCC1CN(C(c1ccc(C(=O)NN3CCCCC3)cc1)c1cccc(C)c1)CC2. The van der Waals surface area contributed by atoms with Crippen molar-refractivity contribution in [3.8, 4) is 0 Å². The Kier molecular flexibility index (Phi) is 7.66. The first-order valence-electron chi connectivity index (χ1n) is 13.5. The molecule has 1 amide bonds. The summed E-state index contributed by atoms with van der Waals surface area (Å²) in [5, 5.41) is 2.07. The van der Waals surface area contributed by atoms with Gasteiger partial charge in [-0.05, 0) is 62.3 Å². The number of nitrogens with one attached hydrogen (secondary N) is 1. The first kappa shape index (κ1) is 24.2. The first-order chi connectivity index (χ1) is 17.1.